The largest absolute Gasteiger partial charge is 0.311 e. The van der Waals surface area contributed by atoms with Crippen LogP contribution in [-0.2, 0) is 10.8 Å². The van der Waals surface area contributed by atoms with Gasteiger partial charge in [0.15, 0.2) is 0 Å². The Kier molecular flexibility index (Phi) is 8.77. The van der Waals surface area contributed by atoms with Crippen LogP contribution in [0.4, 0.5) is 34.1 Å². The molecule has 0 N–H and O–H groups in total. The predicted molar refractivity (Wildman–Crippen MR) is 222 cm³/mol. The summed E-state index contributed by atoms with van der Waals surface area (Å²) in [5.74, 6) is 0. The van der Waals surface area contributed by atoms with Gasteiger partial charge in [0.05, 0.1) is 0 Å². The average Bonchev–Trinajstić information content (AvgIpc) is 3.19. The van der Waals surface area contributed by atoms with Gasteiger partial charge in [-0.15, -0.1) is 0 Å². The fourth-order valence-electron chi connectivity index (χ4n) is 7.80. The third kappa shape index (κ3) is 6.53. The lowest BCUT2D eigenvalue weighted by molar-refractivity contribution is 0.332. The molecule has 1 aliphatic rings. The summed E-state index contributed by atoms with van der Waals surface area (Å²) in [5.41, 5.74) is 15.0. The zero-order chi connectivity index (χ0) is 35.7. The van der Waals surface area contributed by atoms with Gasteiger partial charge in [-0.3, -0.25) is 0 Å². The normalized spacial score (nSPS) is 14.3. The van der Waals surface area contributed by atoms with E-state index in [1.54, 1.807) is 0 Å². The van der Waals surface area contributed by atoms with Crippen molar-refractivity contribution >= 4 is 34.1 Å². The van der Waals surface area contributed by atoms with Crippen LogP contribution in [0.5, 0.6) is 0 Å². The molecule has 8 rings (SSSR count). The molecule has 0 aromatic heterocycles. The Morgan fingerprint density at radius 2 is 0.596 bits per heavy atom. The number of rotatable bonds is 8. The highest BCUT2D eigenvalue weighted by Gasteiger charge is 2.37. The Hall–Kier alpha value is -5.86. The fraction of sp³-hybridized carbons (Fsp3) is 0.160. The molecule has 0 fully saturated rings. The molecule has 52 heavy (non-hydrogen) atoms. The number of nitrogens with zero attached hydrogens (tertiary/aromatic N) is 2. The van der Waals surface area contributed by atoms with E-state index in [2.05, 4.69) is 219 Å². The molecule has 0 saturated carbocycles. The molecular weight excluding hydrogens is 629 g/mol. The number of anilines is 6. The highest BCUT2D eigenvalue weighted by molar-refractivity contribution is 5.81. The van der Waals surface area contributed by atoms with Gasteiger partial charge in [-0.1, -0.05) is 137 Å². The van der Waals surface area contributed by atoms with E-state index in [1.807, 2.05) is 0 Å². The van der Waals surface area contributed by atoms with Crippen molar-refractivity contribution in [2.75, 3.05) is 9.80 Å². The van der Waals surface area contributed by atoms with Gasteiger partial charge in [0.25, 0.3) is 0 Å². The average molecular weight is 675 g/mol. The standard InChI is InChI=1S/C50H46N2/c1-49(2)34-35-50(3,4)48-36-46(32-33-47(48)49)52(43-18-12-7-13-19-43)45-30-26-40(27-31-45)38-22-20-37(21-23-38)39-24-28-44(29-25-39)51(41-14-8-5-9-15-41)42-16-10-6-11-17-42/h5-33,36H,34-35H2,1-4H3. The molecule has 256 valence electrons. The lowest BCUT2D eigenvalue weighted by Gasteiger charge is -2.42. The van der Waals surface area contributed by atoms with E-state index < -0.39 is 0 Å². The second-order valence-electron chi connectivity index (χ2n) is 15.3. The molecule has 0 spiro atoms. The second kappa shape index (κ2) is 13.7. The maximum absolute atomic E-state index is 2.45. The molecule has 2 heteroatoms. The van der Waals surface area contributed by atoms with Gasteiger partial charge < -0.3 is 9.80 Å². The molecule has 0 saturated heterocycles. The third-order valence-corrected chi connectivity index (χ3v) is 10.9. The van der Waals surface area contributed by atoms with E-state index >= 15 is 0 Å². The molecule has 1 aliphatic carbocycles. The van der Waals surface area contributed by atoms with Gasteiger partial charge in [0.1, 0.15) is 0 Å². The highest BCUT2D eigenvalue weighted by atomic mass is 15.1. The Morgan fingerprint density at radius 3 is 0.981 bits per heavy atom. The van der Waals surface area contributed by atoms with Crippen molar-refractivity contribution in [1.29, 1.82) is 0 Å². The van der Waals surface area contributed by atoms with E-state index in [4.69, 9.17) is 0 Å². The highest BCUT2D eigenvalue weighted by Crippen LogP contribution is 2.48. The zero-order valence-electron chi connectivity index (χ0n) is 30.6. The predicted octanol–water partition coefficient (Wildman–Crippen LogP) is 14.3. The number of para-hydroxylation sites is 3. The molecule has 0 aliphatic heterocycles. The van der Waals surface area contributed by atoms with Crippen LogP contribution in [0.3, 0.4) is 0 Å². The first kappa shape index (κ1) is 33.3. The first-order valence-corrected chi connectivity index (χ1v) is 18.5. The summed E-state index contributed by atoms with van der Waals surface area (Å²) < 4.78 is 0. The number of hydrogen-bond acceptors (Lipinski definition) is 2. The van der Waals surface area contributed by atoms with E-state index in [-0.39, 0.29) is 10.8 Å². The zero-order valence-corrected chi connectivity index (χ0v) is 30.6. The van der Waals surface area contributed by atoms with E-state index in [9.17, 15) is 0 Å². The summed E-state index contributed by atoms with van der Waals surface area (Å²) >= 11 is 0. The van der Waals surface area contributed by atoms with Crippen LogP contribution < -0.4 is 9.80 Å². The summed E-state index contributed by atoms with van der Waals surface area (Å²) in [6, 6.07) is 65.8. The summed E-state index contributed by atoms with van der Waals surface area (Å²) in [5, 5.41) is 0. The molecule has 0 radical (unpaired) electrons. The van der Waals surface area contributed by atoms with Crippen molar-refractivity contribution in [2.45, 2.75) is 51.4 Å². The first-order valence-electron chi connectivity index (χ1n) is 18.5. The maximum Gasteiger partial charge on any atom is 0.0464 e. The van der Waals surface area contributed by atoms with Crippen molar-refractivity contribution in [3.05, 3.63) is 193 Å². The Balaban J connectivity index is 1.06. The number of fused-ring (bicyclic) bond motifs is 1. The van der Waals surface area contributed by atoms with E-state index in [0.29, 0.717) is 0 Å². The lowest BCUT2D eigenvalue weighted by atomic mass is 9.63. The maximum atomic E-state index is 2.45. The van der Waals surface area contributed by atoms with Crippen LogP contribution in [0, 0.1) is 0 Å². The molecule has 0 heterocycles. The summed E-state index contributed by atoms with van der Waals surface area (Å²) in [6.07, 6.45) is 2.41. The first-order chi connectivity index (χ1) is 25.3. The van der Waals surface area contributed by atoms with E-state index in [0.717, 1.165) is 28.4 Å². The van der Waals surface area contributed by atoms with Gasteiger partial charge in [-0.25, -0.2) is 0 Å². The summed E-state index contributed by atoms with van der Waals surface area (Å²) in [4.78, 5) is 4.69. The molecule has 2 nitrogen and oxygen atoms in total. The van der Waals surface area contributed by atoms with Crippen molar-refractivity contribution in [2.24, 2.45) is 0 Å². The van der Waals surface area contributed by atoms with Crippen LogP contribution in [0.2, 0.25) is 0 Å². The molecule has 0 atom stereocenters. The van der Waals surface area contributed by atoms with Crippen LogP contribution in [0.15, 0.2) is 182 Å². The van der Waals surface area contributed by atoms with Gasteiger partial charge in [0, 0.05) is 34.1 Å². The van der Waals surface area contributed by atoms with Crippen molar-refractivity contribution in [3.63, 3.8) is 0 Å². The molecular formula is C50H46N2. The topological polar surface area (TPSA) is 6.48 Å². The van der Waals surface area contributed by atoms with Gasteiger partial charge in [-0.05, 0) is 130 Å². The monoisotopic (exact) mass is 674 g/mol. The molecule has 0 amide bonds. The smallest absolute Gasteiger partial charge is 0.0464 e. The number of hydrogen-bond donors (Lipinski definition) is 0. The minimum absolute atomic E-state index is 0.145. The van der Waals surface area contributed by atoms with Gasteiger partial charge >= 0.3 is 0 Å². The Morgan fingerprint density at radius 1 is 0.308 bits per heavy atom. The molecule has 7 aromatic carbocycles. The quantitative estimate of drug-likeness (QED) is 0.158. The number of benzene rings is 7. The Labute approximate surface area is 309 Å². The van der Waals surface area contributed by atoms with Crippen LogP contribution in [-0.4, -0.2) is 0 Å². The van der Waals surface area contributed by atoms with Crippen molar-refractivity contribution in [3.8, 4) is 22.3 Å². The second-order valence-corrected chi connectivity index (χ2v) is 15.3. The Bertz CT molecular complexity index is 2210. The summed E-state index contributed by atoms with van der Waals surface area (Å²) in [7, 11) is 0. The van der Waals surface area contributed by atoms with Crippen LogP contribution >= 0.6 is 0 Å². The van der Waals surface area contributed by atoms with Crippen LogP contribution in [0.1, 0.15) is 51.7 Å². The summed E-state index contributed by atoms with van der Waals surface area (Å²) in [6.45, 7) is 9.59. The molecule has 0 bridgehead atoms. The fourth-order valence-corrected chi connectivity index (χ4v) is 7.80. The van der Waals surface area contributed by atoms with Crippen molar-refractivity contribution in [1.82, 2.24) is 0 Å². The minimum atomic E-state index is 0.145. The van der Waals surface area contributed by atoms with Crippen LogP contribution in [0.25, 0.3) is 22.3 Å². The minimum Gasteiger partial charge on any atom is -0.311 e. The third-order valence-electron chi connectivity index (χ3n) is 10.9. The van der Waals surface area contributed by atoms with Gasteiger partial charge in [0.2, 0.25) is 0 Å². The SMILES string of the molecule is CC1(C)CCC(C)(C)c2cc(N(c3ccccc3)c3ccc(-c4ccc(-c5ccc(N(c6ccccc6)c6ccccc6)cc5)cc4)cc3)ccc21. The van der Waals surface area contributed by atoms with E-state index in [1.165, 1.54) is 51.9 Å². The van der Waals surface area contributed by atoms with Crippen molar-refractivity contribution < 1.29 is 0 Å². The molecule has 7 aromatic rings. The molecule has 0 unspecified atom stereocenters. The van der Waals surface area contributed by atoms with Gasteiger partial charge in [-0.2, -0.15) is 0 Å². The lowest BCUT2D eigenvalue weighted by Crippen LogP contribution is -2.34.